The van der Waals surface area contributed by atoms with E-state index in [-0.39, 0.29) is 17.7 Å². The number of nitrogens with one attached hydrogen (secondary N) is 2. The van der Waals surface area contributed by atoms with Gasteiger partial charge in [-0.3, -0.25) is 4.79 Å². The van der Waals surface area contributed by atoms with E-state index in [1.807, 2.05) is 18.2 Å². The smallest absolute Gasteiger partial charge is 0.220 e. The van der Waals surface area contributed by atoms with Crippen molar-refractivity contribution in [2.24, 2.45) is 0 Å². The van der Waals surface area contributed by atoms with Gasteiger partial charge in [-0.25, -0.2) is 0 Å². The van der Waals surface area contributed by atoms with Crippen molar-refractivity contribution in [2.75, 3.05) is 6.54 Å². The van der Waals surface area contributed by atoms with Gasteiger partial charge in [0, 0.05) is 41.9 Å². The number of para-hydroxylation sites is 1. The molecule has 0 bridgehead atoms. The summed E-state index contributed by atoms with van der Waals surface area (Å²) < 4.78 is 0. The van der Waals surface area contributed by atoms with Gasteiger partial charge in [0.15, 0.2) is 0 Å². The largest absolute Gasteiger partial charge is 0.361 e. The summed E-state index contributed by atoms with van der Waals surface area (Å²) in [5.74, 6) is 0.306. The van der Waals surface area contributed by atoms with Gasteiger partial charge < -0.3 is 10.3 Å². The summed E-state index contributed by atoms with van der Waals surface area (Å²) in [4.78, 5) is 16.7. The number of aromatic amines is 1. The van der Waals surface area contributed by atoms with E-state index < -0.39 is 0 Å². The van der Waals surface area contributed by atoms with Crippen LogP contribution in [0.4, 0.5) is 0 Å². The van der Waals surface area contributed by atoms with Crippen LogP contribution in [0.2, 0.25) is 0 Å². The van der Waals surface area contributed by atoms with Crippen LogP contribution >= 0.6 is 0 Å². The predicted octanol–water partition coefficient (Wildman–Crippen LogP) is 7.34. The molecule has 1 aromatic heterocycles. The van der Waals surface area contributed by atoms with E-state index in [0.29, 0.717) is 13.0 Å². The molecule has 0 aliphatic carbocycles. The monoisotopic (exact) mass is 472 g/mol. The molecule has 36 heavy (non-hydrogen) atoms. The molecule has 5 aromatic rings. The molecule has 1 heterocycles. The van der Waals surface area contributed by atoms with Gasteiger partial charge in [-0.15, -0.1) is 0 Å². The molecule has 0 saturated carbocycles. The molecule has 0 radical (unpaired) electrons. The molecule has 0 spiro atoms. The number of rotatable bonds is 9. The van der Waals surface area contributed by atoms with Crippen LogP contribution in [0.25, 0.3) is 10.9 Å². The van der Waals surface area contributed by atoms with Crippen LogP contribution in [-0.4, -0.2) is 17.4 Å². The second-order valence-electron chi connectivity index (χ2n) is 9.47. The summed E-state index contributed by atoms with van der Waals surface area (Å²) in [7, 11) is 0. The lowest BCUT2D eigenvalue weighted by molar-refractivity contribution is -0.121. The standard InChI is InChI=1S/C33H32N2O/c1-24-11-10-16-27(21-24)30(31-23-35-32-18-9-8-17-29(31)32)22-33(36)34-20-19-28(25-12-4-2-5-13-25)26-14-6-3-7-15-26/h2-18,21,23,28,30,35H,19-20,22H2,1H3,(H,34,36). The zero-order valence-electron chi connectivity index (χ0n) is 20.7. The molecule has 3 nitrogen and oxygen atoms in total. The van der Waals surface area contributed by atoms with Gasteiger partial charge in [0.05, 0.1) is 0 Å². The van der Waals surface area contributed by atoms with Gasteiger partial charge in [0.2, 0.25) is 5.91 Å². The normalized spacial score (nSPS) is 12.1. The van der Waals surface area contributed by atoms with Crippen molar-refractivity contribution in [2.45, 2.75) is 31.6 Å². The van der Waals surface area contributed by atoms with Crippen LogP contribution in [0.5, 0.6) is 0 Å². The quantitative estimate of drug-likeness (QED) is 0.232. The maximum atomic E-state index is 13.3. The number of fused-ring (bicyclic) bond motifs is 1. The van der Waals surface area contributed by atoms with Gasteiger partial charge in [-0.05, 0) is 41.7 Å². The van der Waals surface area contributed by atoms with E-state index in [1.54, 1.807) is 0 Å². The molecular formula is C33H32N2O. The number of aromatic nitrogens is 1. The first-order valence-electron chi connectivity index (χ1n) is 12.7. The molecule has 4 aromatic carbocycles. The maximum Gasteiger partial charge on any atom is 0.220 e. The average Bonchev–Trinajstić information content (AvgIpc) is 3.35. The number of benzene rings is 4. The number of H-pyrrole nitrogens is 1. The number of amides is 1. The fourth-order valence-electron chi connectivity index (χ4n) is 5.19. The van der Waals surface area contributed by atoms with Crippen molar-refractivity contribution in [1.29, 1.82) is 0 Å². The third-order valence-corrected chi connectivity index (χ3v) is 6.99. The Labute approximate surface area is 213 Å². The zero-order valence-corrected chi connectivity index (χ0v) is 20.7. The molecule has 0 fully saturated rings. The minimum Gasteiger partial charge on any atom is -0.361 e. The number of hydrogen-bond acceptors (Lipinski definition) is 1. The Balaban J connectivity index is 1.33. The van der Waals surface area contributed by atoms with Crippen molar-refractivity contribution in [3.8, 4) is 0 Å². The number of hydrogen-bond donors (Lipinski definition) is 2. The third kappa shape index (κ3) is 5.41. The van der Waals surface area contributed by atoms with E-state index in [9.17, 15) is 4.79 Å². The SMILES string of the molecule is Cc1cccc(C(CC(=O)NCCC(c2ccccc2)c2ccccc2)c2c[nH]c3ccccc23)c1. The van der Waals surface area contributed by atoms with Crippen LogP contribution in [-0.2, 0) is 4.79 Å². The Kier molecular flexibility index (Phi) is 7.28. The highest BCUT2D eigenvalue weighted by molar-refractivity contribution is 5.86. The van der Waals surface area contributed by atoms with Crippen LogP contribution in [0.1, 0.15) is 52.5 Å². The third-order valence-electron chi connectivity index (χ3n) is 6.99. The summed E-state index contributed by atoms with van der Waals surface area (Å²) >= 11 is 0. The highest BCUT2D eigenvalue weighted by Crippen LogP contribution is 2.34. The Morgan fingerprint density at radius 1 is 0.750 bits per heavy atom. The first kappa shape index (κ1) is 23.6. The fourth-order valence-corrected chi connectivity index (χ4v) is 5.19. The second kappa shape index (κ2) is 11.1. The number of carbonyl (C=O) groups excluding carboxylic acids is 1. The van der Waals surface area contributed by atoms with Gasteiger partial charge in [0.25, 0.3) is 0 Å². The first-order valence-corrected chi connectivity index (χ1v) is 12.7. The van der Waals surface area contributed by atoms with Crippen LogP contribution < -0.4 is 5.32 Å². The molecule has 0 aliphatic heterocycles. The minimum atomic E-state index is -0.0138. The molecule has 0 aliphatic rings. The van der Waals surface area contributed by atoms with Crippen LogP contribution in [0.3, 0.4) is 0 Å². The van der Waals surface area contributed by atoms with Gasteiger partial charge >= 0.3 is 0 Å². The zero-order chi connectivity index (χ0) is 24.7. The lowest BCUT2D eigenvalue weighted by atomic mass is 9.87. The summed E-state index contributed by atoms with van der Waals surface area (Å²) in [6, 6.07) is 37.9. The molecule has 2 N–H and O–H groups in total. The number of carbonyl (C=O) groups is 1. The van der Waals surface area contributed by atoms with Crippen molar-refractivity contribution in [3.63, 3.8) is 0 Å². The van der Waals surface area contributed by atoms with E-state index >= 15 is 0 Å². The molecule has 1 unspecified atom stereocenters. The number of aryl methyl sites for hydroxylation is 1. The maximum absolute atomic E-state index is 13.3. The lowest BCUT2D eigenvalue weighted by Crippen LogP contribution is -2.27. The summed E-state index contributed by atoms with van der Waals surface area (Å²) in [6.07, 6.45) is 3.32. The van der Waals surface area contributed by atoms with E-state index in [1.165, 1.54) is 27.6 Å². The molecular weight excluding hydrogens is 440 g/mol. The highest BCUT2D eigenvalue weighted by Gasteiger charge is 2.22. The van der Waals surface area contributed by atoms with Crippen molar-refractivity contribution in [3.05, 3.63) is 143 Å². The first-order chi connectivity index (χ1) is 17.7. The van der Waals surface area contributed by atoms with Crippen LogP contribution in [0, 0.1) is 6.92 Å². The van der Waals surface area contributed by atoms with Gasteiger partial charge in [0.1, 0.15) is 0 Å². The Morgan fingerprint density at radius 2 is 1.39 bits per heavy atom. The van der Waals surface area contributed by atoms with Crippen molar-refractivity contribution in [1.82, 2.24) is 10.3 Å². The van der Waals surface area contributed by atoms with Gasteiger partial charge in [-0.1, -0.05) is 109 Å². The fraction of sp³-hybridized carbons (Fsp3) is 0.182. The van der Waals surface area contributed by atoms with Crippen molar-refractivity contribution < 1.29 is 4.79 Å². The molecule has 0 saturated heterocycles. The van der Waals surface area contributed by atoms with Crippen molar-refractivity contribution >= 4 is 16.8 Å². The summed E-state index contributed by atoms with van der Waals surface area (Å²) in [5.41, 5.74) is 7.17. The second-order valence-corrected chi connectivity index (χ2v) is 9.47. The van der Waals surface area contributed by atoms with E-state index in [2.05, 4.69) is 114 Å². The predicted molar refractivity (Wildman–Crippen MR) is 148 cm³/mol. The van der Waals surface area contributed by atoms with E-state index in [4.69, 9.17) is 0 Å². The van der Waals surface area contributed by atoms with Gasteiger partial charge in [-0.2, -0.15) is 0 Å². The summed E-state index contributed by atoms with van der Waals surface area (Å²) in [5, 5.41) is 4.40. The average molecular weight is 473 g/mol. The highest BCUT2D eigenvalue weighted by atomic mass is 16.1. The minimum absolute atomic E-state index is 0.0138. The summed E-state index contributed by atoms with van der Waals surface area (Å²) in [6.45, 7) is 2.73. The molecule has 180 valence electrons. The Hall–Kier alpha value is -4.11. The van der Waals surface area contributed by atoms with E-state index in [0.717, 1.165) is 17.5 Å². The van der Waals surface area contributed by atoms with Crippen LogP contribution in [0.15, 0.2) is 115 Å². The molecule has 5 rings (SSSR count). The Morgan fingerprint density at radius 3 is 2.08 bits per heavy atom. The Bertz CT molecular complexity index is 1380. The molecule has 1 amide bonds. The lowest BCUT2D eigenvalue weighted by Gasteiger charge is -2.20. The topological polar surface area (TPSA) is 44.9 Å². The molecule has 1 atom stereocenters. The molecule has 3 heteroatoms.